The van der Waals surface area contributed by atoms with E-state index in [9.17, 15) is 8.78 Å². The van der Waals surface area contributed by atoms with E-state index in [2.05, 4.69) is 21.2 Å². The van der Waals surface area contributed by atoms with E-state index < -0.39 is 0 Å². The normalized spacial score (nSPS) is 12.2. The Morgan fingerprint density at radius 2 is 1.84 bits per heavy atom. The molecular formula is C15H14BrF2N. The van der Waals surface area contributed by atoms with Gasteiger partial charge in [0.05, 0.1) is 5.69 Å². The van der Waals surface area contributed by atoms with Gasteiger partial charge in [0.2, 0.25) is 0 Å². The van der Waals surface area contributed by atoms with Crippen molar-refractivity contribution in [1.29, 1.82) is 0 Å². The second-order valence-corrected chi connectivity index (χ2v) is 5.36. The van der Waals surface area contributed by atoms with Crippen LogP contribution in [0.3, 0.4) is 0 Å². The fourth-order valence-electron chi connectivity index (χ4n) is 1.94. The average molecular weight is 326 g/mol. The van der Waals surface area contributed by atoms with Crippen LogP contribution in [0, 0.1) is 11.6 Å². The monoisotopic (exact) mass is 325 g/mol. The van der Waals surface area contributed by atoms with Crippen molar-refractivity contribution in [3.63, 3.8) is 0 Å². The highest BCUT2D eigenvalue weighted by Gasteiger charge is 2.07. The maximum atomic E-state index is 13.2. The molecule has 19 heavy (non-hydrogen) atoms. The van der Waals surface area contributed by atoms with E-state index in [-0.39, 0.29) is 17.7 Å². The van der Waals surface area contributed by atoms with Crippen molar-refractivity contribution >= 4 is 21.6 Å². The van der Waals surface area contributed by atoms with Crippen molar-refractivity contribution in [1.82, 2.24) is 0 Å². The Hall–Kier alpha value is -1.42. The Labute approximate surface area is 119 Å². The van der Waals surface area contributed by atoms with Crippen LogP contribution >= 0.6 is 15.9 Å². The number of hydrogen-bond donors (Lipinski definition) is 1. The molecule has 1 nitrogen and oxygen atoms in total. The number of anilines is 1. The van der Waals surface area contributed by atoms with Crippen LogP contribution in [0.5, 0.6) is 0 Å². The number of nitrogens with one attached hydrogen (secondary N) is 1. The minimum Gasteiger partial charge on any atom is -0.381 e. The third kappa shape index (κ3) is 4.03. The summed E-state index contributed by atoms with van der Waals surface area (Å²) in [6.07, 6.45) is 0.667. The zero-order valence-corrected chi connectivity index (χ0v) is 12.0. The molecule has 0 saturated heterocycles. The van der Waals surface area contributed by atoms with Crippen LogP contribution in [0.25, 0.3) is 0 Å². The molecule has 0 heterocycles. The summed E-state index contributed by atoms with van der Waals surface area (Å²) in [5, 5.41) is 3.21. The molecule has 0 aliphatic carbocycles. The SMILES string of the molecule is CC(Cc1cccc(F)c1)Nc1cc(F)ccc1Br. The summed E-state index contributed by atoms with van der Waals surface area (Å²) in [5.41, 5.74) is 1.61. The van der Waals surface area contributed by atoms with E-state index >= 15 is 0 Å². The van der Waals surface area contributed by atoms with Gasteiger partial charge in [-0.3, -0.25) is 0 Å². The van der Waals surface area contributed by atoms with Crippen LogP contribution < -0.4 is 5.32 Å². The Morgan fingerprint density at radius 3 is 2.58 bits per heavy atom. The second-order valence-electron chi connectivity index (χ2n) is 4.50. The maximum absolute atomic E-state index is 13.2. The zero-order valence-electron chi connectivity index (χ0n) is 10.5. The summed E-state index contributed by atoms with van der Waals surface area (Å²) in [6, 6.07) is 11.1. The summed E-state index contributed by atoms with van der Waals surface area (Å²) in [7, 11) is 0. The number of benzene rings is 2. The quantitative estimate of drug-likeness (QED) is 0.853. The van der Waals surface area contributed by atoms with E-state index in [4.69, 9.17) is 0 Å². The first-order chi connectivity index (χ1) is 9.04. The largest absolute Gasteiger partial charge is 0.381 e. The van der Waals surface area contributed by atoms with E-state index in [0.717, 1.165) is 10.0 Å². The van der Waals surface area contributed by atoms with Crippen LogP contribution in [-0.2, 0) is 6.42 Å². The maximum Gasteiger partial charge on any atom is 0.125 e. The molecule has 1 unspecified atom stereocenters. The molecule has 0 aromatic heterocycles. The topological polar surface area (TPSA) is 12.0 Å². The Balaban J connectivity index is 2.05. The first-order valence-corrected chi connectivity index (χ1v) is 6.80. The van der Waals surface area contributed by atoms with Gasteiger partial charge < -0.3 is 5.32 Å². The van der Waals surface area contributed by atoms with Crippen molar-refractivity contribution in [2.45, 2.75) is 19.4 Å². The molecule has 0 aliphatic rings. The molecule has 0 saturated carbocycles. The van der Waals surface area contributed by atoms with Gasteiger partial charge in [0.1, 0.15) is 11.6 Å². The molecule has 1 atom stereocenters. The molecule has 0 fully saturated rings. The van der Waals surface area contributed by atoms with Gasteiger partial charge in [0, 0.05) is 10.5 Å². The van der Waals surface area contributed by atoms with Crippen LogP contribution in [0.1, 0.15) is 12.5 Å². The van der Waals surface area contributed by atoms with Gasteiger partial charge in [0.25, 0.3) is 0 Å². The van der Waals surface area contributed by atoms with Crippen molar-refractivity contribution in [2.24, 2.45) is 0 Å². The Kier molecular flexibility index (Phi) is 4.53. The smallest absolute Gasteiger partial charge is 0.125 e. The highest BCUT2D eigenvalue weighted by molar-refractivity contribution is 9.10. The van der Waals surface area contributed by atoms with Crippen molar-refractivity contribution < 1.29 is 8.78 Å². The Bertz CT molecular complexity index is 572. The van der Waals surface area contributed by atoms with Gasteiger partial charge in [-0.2, -0.15) is 0 Å². The standard InChI is InChI=1S/C15H14BrF2N/c1-10(7-11-3-2-4-12(17)8-11)19-15-9-13(18)5-6-14(15)16/h2-6,8-10,19H,7H2,1H3. The van der Waals surface area contributed by atoms with Crippen molar-refractivity contribution in [2.75, 3.05) is 5.32 Å². The highest BCUT2D eigenvalue weighted by Crippen LogP contribution is 2.24. The van der Waals surface area contributed by atoms with Crippen LogP contribution in [0.15, 0.2) is 46.9 Å². The first kappa shape index (κ1) is 14.0. The molecule has 2 rings (SSSR count). The number of hydrogen-bond acceptors (Lipinski definition) is 1. The summed E-state index contributed by atoms with van der Waals surface area (Å²) in [4.78, 5) is 0. The highest BCUT2D eigenvalue weighted by atomic mass is 79.9. The lowest BCUT2D eigenvalue weighted by molar-refractivity contribution is 0.623. The van der Waals surface area contributed by atoms with Crippen molar-refractivity contribution in [3.8, 4) is 0 Å². The first-order valence-electron chi connectivity index (χ1n) is 6.00. The molecule has 0 radical (unpaired) electrons. The van der Waals surface area contributed by atoms with Gasteiger partial charge >= 0.3 is 0 Å². The van der Waals surface area contributed by atoms with E-state index in [1.165, 1.54) is 24.3 Å². The Morgan fingerprint density at radius 1 is 1.11 bits per heavy atom. The fourth-order valence-corrected chi connectivity index (χ4v) is 2.30. The molecule has 4 heteroatoms. The van der Waals surface area contributed by atoms with E-state index in [1.54, 1.807) is 12.1 Å². The zero-order chi connectivity index (χ0) is 13.8. The molecule has 100 valence electrons. The predicted octanol–water partition coefficient (Wildman–Crippen LogP) is 4.77. The molecule has 0 amide bonds. The molecule has 2 aromatic rings. The van der Waals surface area contributed by atoms with Gasteiger partial charge in [-0.1, -0.05) is 12.1 Å². The third-order valence-electron chi connectivity index (χ3n) is 2.76. The van der Waals surface area contributed by atoms with E-state index in [0.29, 0.717) is 12.1 Å². The van der Waals surface area contributed by atoms with Crippen molar-refractivity contribution in [3.05, 3.63) is 64.1 Å². The summed E-state index contributed by atoms with van der Waals surface area (Å²) in [5.74, 6) is -0.528. The van der Waals surface area contributed by atoms with Crippen LogP contribution in [0.4, 0.5) is 14.5 Å². The number of rotatable bonds is 4. The van der Waals surface area contributed by atoms with Gasteiger partial charge in [-0.25, -0.2) is 8.78 Å². The number of halogens is 3. The minimum atomic E-state index is -0.288. The second kappa shape index (κ2) is 6.15. The summed E-state index contributed by atoms with van der Waals surface area (Å²) in [6.45, 7) is 1.97. The molecule has 0 bridgehead atoms. The molecular weight excluding hydrogens is 312 g/mol. The summed E-state index contributed by atoms with van der Waals surface area (Å²) >= 11 is 3.37. The average Bonchev–Trinajstić information content (AvgIpc) is 2.34. The lowest BCUT2D eigenvalue weighted by Crippen LogP contribution is -2.18. The van der Waals surface area contributed by atoms with Crippen LogP contribution in [0.2, 0.25) is 0 Å². The lowest BCUT2D eigenvalue weighted by Gasteiger charge is -2.16. The summed E-state index contributed by atoms with van der Waals surface area (Å²) < 4.78 is 27.1. The van der Waals surface area contributed by atoms with Crippen LogP contribution in [-0.4, -0.2) is 6.04 Å². The predicted molar refractivity (Wildman–Crippen MR) is 77.3 cm³/mol. The minimum absolute atomic E-state index is 0.0694. The fraction of sp³-hybridized carbons (Fsp3) is 0.200. The van der Waals surface area contributed by atoms with Gasteiger partial charge in [0.15, 0.2) is 0 Å². The van der Waals surface area contributed by atoms with Gasteiger partial charge in [-0.15, -0.1) is 0 Å². The van der Waals surface area contributed by atoms with E-state index in [1.807, 2.05) is 13.0 Å². The molecule has 0 spiro atoms. The third-order valence-corrected chi connectivity index (χ3v) is 3.45. The lowest BCUT2D eigenvalue weighted by atomic mass is 10.1. The molecule has 2 aromatic carbocycles. The molecule has 0 aliphatic heterocycles. The molecule has 1 N–H and O–H groups in total. The van der Waals surface area contributed by atoms with Gasteiger partial charge in [-0.05, 0) is 65.2 Å².